The minimum Gasteiger partial charge on any atom is -0.390 e. The molecule has 1 N–H and O–H groups in total. The summed E-state index contributed by atoms with van der Waals surface area (Å²) in [6, 6.07) is 0.499. The van der Waals surface area contributed by atoms with Crippen molar-refractivity contribution in [2.75, 3.05) is 11.4 Å². The Bertz CT molecular complexity index is 420. The molecular formula is C14H23N3O. The third-order valence-corrected chi connectivity index (χ3v) is 3.62. The zero-order valence-corrected chi connectivity index (χ0v) is 11.7. The molecule has 18 heavy (non-hydrogen) atoms. The fraction of sp³-hybridized carbons (Fsp3) is 0.714. The Morgan fingerprint density at radius 1 is 1.44 bits per heavy atom. The van der Waals surface area contributed by atoms with Gasteiger partial charge in [-0.15, -0.1) is 0 Å². The van der Waals surface area contributed by atoms with E-state index in [1.54, 1.807) is 0 Å². The first-order chi connectivity index (χ1) is 8.52. The standard InChI is InChI=1S/C14H23N3O/c1-9(2)14-15-6-13(12(8-18)16-14)17-7-10(3)5-11(17)4/h6,9-11,18H,5,7-8H2,1-4H3. The summed E-state index contributed by atoms with van der Waals surface area (Å²) in [5.74, 6) is 1.79. The molecule has 4 nitrogen and oxygen atoms in total. The monoisotopic (exact) mass is 249 g/mol. The number of anilines is 1. The SMILES string of the molecule is CC1CC(C)N(c2cnc(C(C)C)nc2CO)C1. The molecule has 1 aromatic rings. The van der Waals surface area contributed by atoms with E-state index in [1.807, 2.05) is 6.20 Å². The van der Waals surface area contributed by atoms with Crippen molar-refractivity contribution in [3.8, 4) is 0 Å². The molecule has 0 amide bonds. The molecular weight excluding hydrogens is 226 g/mol. The van der Waals surface area contributed by atoms with Crippen LogP contribution in [0.3, 0.4) is 0 Å². The molecule has 2 unspecified atom stereocenters. The quantitative estimate of drug-likeness (QED) is 0.893. The number of aromatic nitrogens is 2. The van der Waals surface area contributed by atoms with Gasteiger partial charge in [0.05, 0.1) is 24.2 Å². The second kappa shape index (κ2) is 5.22. The minimum atomic E-state index is -0.0187. The molecule has 0 aliphatic carbocycles. The average Bonchev–Trinajstić information content (AvgIpc) is 2.67. The van der Waals surface area contributed by atoms with E-state index in [-0.39, 0.29) is 6.61 Å². The van der Waals surface area contributed by atoms with E-state index >= 15 is 0 Å². The maximum Gasteiger partial charge on any atom is 0.131 e. The van der Waals surface area contributed by atoms with Crippen LogP contribution in [0.15, 0.2) is 6.20 Å². The van der Waals surface area contributed by atoms with Crippen LogP contribution in [0.1, 0.15) is 51.6 Å². The van der Waals surface area contributed by atoms with E-state index in [2.05, 4.69) is 42.6 Å². The van der Waals surface area contributed by atoms with Gasteiger partial charge in [0, 0.05) is 18.5 Å². The van der Waals surface area contributed by atoms with Crippen molar-refractivity contribution in [1.29, 1.82) is 0 Å². The normalized spacial score (nSPS) is 24.0. The zero-order chi connectivity index (χ0) is 13.3. The van der Waals surface area contributed by atoms with Crippen LogP contribution in [0.4, 0.5) is 5.69 Å². The van der Waals surface area contributed by atoms with E-state index in [4.69, 9.17) is 0 Å². The molecule has 1 saturated heterocycles. The summed E-state index contributed by atoms with van der Waals surface area (Å²) in [6.45, 7) is 9.63. The van der Waals surface area contributed by atoms with Crippen molar-refractivity contribution in [2.45, 2.75) is 52.7 Å². The molecule has 1 aliphatic heterocycles. The Kier molecular flexibility index (Phi) is 3.85. The number of rotatable bonds is 3. The predicted molar refractivity (Wildman–Crippen MR) is 72.6 cm³/mol. The van der Waals surface area contributed by atoms with Crippen LogP contribution in [-0.4, -0.2) is 27.7 Å². The number of aliphatic hydroxyl groups excluding tert-OH is 1. The second-order valence-electron chi connectivity index (χ2n) is 5.72. The lowest BCUT2D eigenvalue weighted by Gasteiger charge is -2.25. The molecule has 2 atom stereocenters. The summed E-state index contributed by atoms with van der Waals surface area (Å²) in [6.07, 6.45) is 3.07. The highest BCUT2D eigenvalue weighted by atomic mass is 16.3. The van der Waals surface area contributed by atoms with Crippen LogP contribution >= 0.6 is 0 Å². The van der Waals surface area contributed by atoms with Gasteiger partial charge in [-0.1, -0.05) is 20.8 Å². The molecule has 1 aliphatic rings. The first-order valence-electron chi connectivity index (χ1n) is 6.76. The summed E-state index contributed by atoms with van der Waals surface area (Å²) in [7, 11) is 0. The van der Waals surface area contributed by atoms with Crippen LogP contribution in [0, 0.1) is 5.92 Å². The molecule has 1 fully saturated rings. The smallest absolute Gasteiger partial charge is 0.131 e. The summed E-state index contributed by atoms with van der Waals surface area (Å²) < 4.78 is 0. The highest BCUT2D eigenvalue weighted by Crippen LogP contribution is 2.30. The van der Waals surface area contributed by atoms with Gasteiger partial charge >= 0.3 is 0 Å². The predicted octanol–water partition coefficient (Wildman–Crippen LogP) is 2.33. The van der Waals surface area contributed by atoms with Crippen LogP contribution < -0.4 is 4.90 Å². The van der Waals surface area contributed by atoms with Crippen LogP contribution in [-0.2, 0) is 6.61 Å². The zero-order valence-electron chi connectivity index (χ0n) is 11.7. The first kappa shape index (κ1) is 13.3. The molecule has 0 spiro atoms. The Morgan fingerprint density at radius 3 is 2.67 bits per heavy atom. The molecule has 2 rings (SSSR count). The fourth-order valence-electron chi connectivity index (χ4n) is 2.70. The maximum atomic E-state index is 9.52. The summed E-state index contributed by atoms with van der Waals surface area (Å²) in [5.41, 5.74) is 1.76. The summed E-state index contributed by atoms with van der Waals surface area (Å²) >= 11 is 0. The van der Waals surface area contributed by atoms with Crippen LogP contribution in [0.2, 0.25) is 0 Å². The molecule has 4 heteroatoms. The summed E-state index contributed by atoms with van der Waals surface area (Å²) in [5, 5.41) is 9.52. The van der Waals surface area contributed by atoms with Gasteiger partial charge in [0.15, 0.2) is 0 Å². The van der Waals surface area contributed by atoms with Gasteiger partial charge in [-0.3, -0.25) is 0 Å². The molecule has 0 bridgehead atoms. The van der Waals surface area contributed by atoms with Gasteiger partial charge in [-0.25, -0.2) is 9.97 Å². The lowest BCUT2D eigenvalue weighted by atomic mass is 10.1. The number of hydrogen-bond acceptors (Lipinski definition) is 4. The molecule has 0 saturated carbocycles. The molecule has 0 aromatic carbocycles. The van der Waals surface area contributed by atoms with Crippen molar-refractivity contribution in [3.05, 3.63) is 17.7 Å². The van der Waals surface area contributed by atoms with E-state index in [0.29, 0.717) is 17.9 Å². The topological polar surface area (TPSA) is 49.2 Å². The lowest BCUT2D eigenvalue weighted by Crippen LogP contribution is -2.28. The number of aliphatic hydroxyl groups is 1. The number of hydrogen-bond donors (Lipinski definition) is 1. The highest BCUT2D eigenvalue weighted by molar-refractivity contribution is 5.51. The van der Waals surface area contributed by atoms with Crippen molar-refractivity contribution in [2.24, 2.45) is 5.92 Å². The third-order valence-electron chi connectivity index (χ3n) is 3.62. The lowest BCUT2D eigenvalue weighted by molar-refractivity contribution is 0.276. The molecule has 0 radical (unpaired) electrons. The Balaban J connectivity index is 2.33. The van der Waals surface area contributed by atoms with Gasteiger partial charge in [0.2, 0.25) is 0 Å². The molecule has 2 heterocycles. The van der Waals surface area contributed by atoms with Crippen molar-refractivity contribution in [3.63, 3.8) is 0 Å². The first-order valence-corrected chi connectivity index (χ1v) is 6.76. The largest absolute Gasteiger partial charge is 0.390 e. The second-order valence-corrected chi connectivity index (χ2v) is 5.72. The van der Waals surface area contributed by atoms with Crippen LogP contribution in [0.5, 0.6) is 0 Å². The van der Waals surface area contributed by atoms with Gasteiger partial charge in [0.1, 0.15) is 5.82 Å². The Morgan fingerprint density at radius 2 is 2.17 bits per heavy atom. The van der Waals surface area contributed by atoms with Crippen molar-refractivity contribution < 1.29 is 5.11 Å². The van der Waals surface area contributed by atoms with Gasteiger partial charge in [0.25, 0.3) is 0 Å². The van der Waals surface area contributed by atoms with Gasteiger partial charge in [-0.2, -0.15) is 0 Å². The van der Waals surface area contributed by atoms with E-state index in [9.17, 15) is 5.11 Å². The maximum absolute atomic E-state index is 9.52. The van der Waals surface area contributed by atoms with E-state index < -0.39 is 0 Å². The average molecular weight is 249 g/mol. The Hall–Kier alpha value is -1.16. The van der Waals surface area contributed by atoms with Gasteiger partial charge in [-0.05, 0) is 19.3 Å². The molecule has 1 aromatic heterocycles. The van der Waals surface area contributed by atoms with Crippen molar-refractivity contribution >= 4 is 5.69 Å². The van der Waals surface area contributed by atoms with Gasteiger partial charge < -0.3 is 10.0 Å². The van der Waals surface area contributed by atoms with Crippen LogP contribution in [0.25, 0.3) is 0 Å². The minimum absolute atomic E-state index is 0.0187. The van der Waals surface area contributed by atoms with E-state index in [1.165, 1.54) is 6.42 Å². The summed E-state index contributed by atoms with van der Waals surface area (Å²) in [4.78, 5) is 11.2. The Labute approximate surface area is 109 Å². The van der Waals surface area contributed by atoms with Crippen molar-refractivity contribution in [1.82, 2.24) is 9.97 Å². The molecule has 100 valence electrons. The fourth-order valence-corrected chi connectivity index (χ4v) is 2.70. The number of nitrogens with zero attached hydrogens (tertiary/aromatic N) is 3. The van der Waals surface area contributed by atoms with E-state index in [0.717, 1.165) is 23.8 Å². The third kappa shape index (κ3) is 2.48. The highest BCUT2D eigenvalue weighted by Gasteiger charge is 2.28.